The Hall–Kier alpha value is -6.67. The van der Waals surface area contributed by atoms with Crippen molar-refractivity contribution in [3.05, 3.63) is 119 Å². The van der Waals surface area contributed by atoms with Gasteiger partial charge in [-0.2, -0.15) is 12.7 Å². The number of aliphatic hydroxyl groups excluding tert-OH is 1. The Labute approximate surface area is 460 Å². The number of anilines is 2. The van der Waals surface area contributed by atoms with Crippen molar-refractivity contribution in [1.82, 2.24) is 34.7 Å². The second-order valence-electron chi connectivity index (χ2n) is 19.5. The summed E-state index contributed by atoms with van der Waals surface area (Å²) in [6, 6.07) is 20.8. The molecule has 4 aromatic rings. The Bertz CT molecular complexity index is 3580. The van der Waals surface area contributed by atoms with Gasteiger partial charge < -0.3 is 54.9 Å². The van der Waals surface area contributed by atoms with E-state index in [1.54, 1.807) is 6.07 Å². The minimum atomic E-state index is -5.49. The van der Waals surface area contributed by atoms with Crippen molar-refractivity contribution in [3.8, 4) is 22.6 Å². The van der Waals surface area contributed by atoms with Crippen LogP contribution in [-0.2, 0) is 47.8 Å². The molecule has 8 rings (SSSR count). The quantitative estimate of drug-likeness (QED) is 0.0172. The molecule has 1 fully saturated rings. The number of carbonyl (C=O) groups is 2. The molecular formula is C52H64N9O16P2S+. The summed E-state index contributed by atoms with van der Waals surface area (Å²) in [6.45, 7) is 11.3. The van der Waals surface area contributed by atoms with E-state index >= 15 is 0 Å². The van der Waals surface area contributed by atoms with E-state index in [1.165, 1.54) is 23.0 Å². The zero-order chi connectivity index (χ0) is 57.7. The minimum absolute atomic E-state index is 0.00714. The van der Waals surface area contributed by atoms with Gasteiger partial charge in [-0.3, -0.25) is 18.4 Å². The summed E-state index contributed by atoms with van der Waals surface area (Å²) >= 11 is 0. The topological polar surface area (TPSA) is 354 Å². The molecule has 1 saturated heterocycles. The van der Waals surface area contributed by atoms with Crippen LogP contribution in [0, 0.1) is 6.92 Å². The van der Waals surface area contributed by atoms with E-state index in [1.807, 2.05) is 63.3 Å². The van der Waals surface area contributed by atoms with Crippen LogP contribution in [0.15, 0.2) is 107 Å². The van der Waals surface area contributed by atoms with Crippen LogP contribution in [-0.4, -0.2) is 122 Å². The highest BCUT2D eigenvalue weighted by Crippen LogP contribution is 2.58. The summed E-state index contributed by atoms with van der Waals surface area (Å²) in [7, 11) is -15.4. The van der Waals surface area contributed by atoms with Gasteiger partial charge >= 0.3 is 21.7 Å². The highest BCUT2D eigenvalue weighted by atomic mass is 32.2. The number of carbonyl (C=O) groups excluding carboxylic acids is 2. The molecule has 5 heterocycles. The normalized spacial score (nSPS) is 19.4. The molecule has 0 saturated carbocycles. The average Bonchev–Trinajstić information content (AvgIpc) is 4.18. The second-order valence-corrected chi connectivity index (χ2v) is 23.7. The summed E-state index contributed by atoms with van der Waals surface area (Å²) in [4.78, 5) is 67.9. The number of phosphoric ester groups is 1. The lowest BCUT2D eigenvalue weighted by molar-refractivity contribution is -0.121. The molecule has 0 spiro atoms. The number of nitrogens with zero attached hydrogens (tertiary/aromatic N) is 6. The van der Waals surface area contributed by atoms with Crippen LogP contribution in [0.5, 0.6) is 0 Å². The summed E-state index contributed by atoms with van der Waals surface area (Å²) in [5.41, 5.74) is 11.7. The Morgan fingerprint density at radius 3 is 2.41 bits per heavy atom. The van der Waals surface area contributed by atoms with Crippen molar-refractivity contribution in [2.45, 2.75) is 95.2 Å². The number of nitrogen functional groups attached to an aromatic ring is 1. The van der Waals surface area contributed by atoms with Gasteiger partial charge in [0.1, 0.15) is 48.7 Å². The van der Waals surface area contributed by atoms with Crippen LogP contribution in [0.25, 0.3) is 39.9 Å². The molecule has 2 aromatic carbocycles. The Morgan fingerprint density at radius 2 is 1.70 bits per heavy atom. The number of nitrogens with two attached hydrogens (primary N) is 1. The van der Waals surface area contributed by atoms with Crippen LogP contribution in [0.4, 0.5) is 16.3 Å². The monoisotopic (exact) mass is 1160 g/mol. The standard InChI is InChI=1S/C52H63N9O16P2S/c1-6-59(7-2)34-20-22-37-36(32(3)46(74-40(37)27-34)33-15-10-8-11-16-33)17-14-18-42-52(4,5)38-28-35(80(70,71)72)21-23-39(38)60(42)26-13-9-12-19-43(62)54-24-25-55-51(64)76-47-41(29-73-79(68,69)77-78(65,66)67)75-50(45(47)63)61-31-58-44-48(53)56-30-57-49(44)61/h8,10-11,14-18,20-23,27-28,30-31,41,45,47,50,63H,6-7,9,12-13,19,24-26,29H2,1-5H3,(H7-,53,54,55,56,57,62,64,65,66,67,68,69,70,71,72)/p+1/t41-,45-,47-,50-/m1/s1. The third-order valence-corrected chi connectivity index (χ3v) is 16.9. The first-order valence-electron chi connectivity index (χ1n) is 25.6. The first-order chi connectivity index (χ1) is 37.9. The Morgan fingerprint density at radius 1 is 0.963 bits per heavy atom. The number of fused-ring (bicyclic) bond motifs is 3. The number of aliphatic hydroxyl groups is 1. The maximum atomic E-state index is 13.0. The summed E-state index contributed by atoms with van der Waals surface area (Å²) in [5.74, 6) is 1.20. The van der Waals surface area contributed by atoms with Crippen molar-refractivity contribution in [2.24, 2.45) is 0 Å². The molecule has 3 aliphatic heterocycles. The van der Waals surface area contributed by atoms with E-state index in [4.69, 9.17) is 33.9 Å². The van der Waals surface area contributed by atoms with Crippen LogP contribution in [0.1, 0.15) is 76.3 Å². The molecule has 0 bridgehead atoms. The number of allylic oxidation sites excluding steroid dienone is 3. The molecule has 4 aliphatic rings. The van der Waals surface area contributed by atoms with Gasteiger partial charge in [0.05, 0.1) is 23.9 Å². The van der Waals surface area contributed by atoms with E-state index in [0.29, 0.717) is 25.8 Å². The van der Waals surface area contributed by atoms with Crippen LogP contribution < -0.4 is 31.2 Å². The number of hydrogen-bond acceptors (Lipinski definition) is 17. The SMILES string of the molecule is CC[N+](CC)=c1ccc2c(/C=C/C=C3/N(CCCCCC(=O)NCCNC(=O)O[C@H]4[C@@H](O)[C@H](n5cnc6c(N)ncnc65)O[C@@H]4COP(=O)(O)OP(=O)(O)O)c4ccc(S(=O)(=O)O)cc4C3(C)C)c(C)c(-c3ccccc3)oc-2c1. The zero-order valence-corrected chi connectivity index (χ0v) is 47.0. The lowest BCUT2D eigenvalue weighted by atomic mass is 9.83. The highest BCUT2D eigenvalue weighted by molar-refractivity contribution is 7.85. The fourth-order valence-electron chi connectivity index (χ4n) is 9.95. The average molecular weight is 1170 g/mol. The molecule has 5 atom stereocenters. The van der Waals surface area contributed by atoms with Gasteiger partial charge in [0.2, 0.25) is 11.3 Å². The number of amides is 2. The Balaban J connectivity index is 0.895. The molecule has 9 N–H and O–H groups in total. The van der Waals surface area contributed by atoms with E-state index < -0.39 is 68.4 Å². The number of aromatic nitrogens is 4. The summed E-state index contributed by atoms with van der Waals surface area (Å²) < 4.78 is 88.2. The summed E-state index contributed by atoms with van der Waals surface area (Å²) in [6.07, 6.45) is 3.04. The predicted octanol–water partition coefficient (Wildman–Crippen LogP) is 5.79. The first kappa shape index (κ1) is 59.5. The number of hydrogen-bond donors (Lipinski definition) is 8. The molecular weight excluding hydrogens is 1100 g/mol. The molecule has 0 radical (unpaired) electrons. The Kier molecular flexibility index (Phi) is 18.3. The maximum Gasteiger partial charge on any atom is 0.481 e. The lowest BCUT2D eigenvalue weighted by Gasteiger charge is -2.27. The number of nitrogens with one attached hydrogen (secondary N) is 2. The van der Waals surface area contributed by atoms with E-state index in [9.17, 15) is 41.7 Å². The maximum absolute atomic E-state index is 13.0. The second kappa shape index (κ2) is 24.6. The number of phosphoric acid groups is 2. The van der Waals surface area contributed by atoms with Crippen LogP contribution >= 0.6 is 15.6 Å². The molecule has 428 valence electrons. The summed E-state index contributed by atoms with van der Waals surface area (Å²) in [5, 5.41) is 17.5. The number of alkyl carbamates (subject to hydrolysis) is 1. The molecule has 25 nitrogen and oxygen atoms in total. The number of unbranched alkanes of at least 4 members (excludes halogenated alkanes) is 2. The molecule has 1 aliphatic carbocycles. The first-order valence-corrected chi connectivity index (χ1v) is 30.1. The van der Waals surface area contributed by atoms with Crippen molar-refractivity contribution < 1.29 is 74.2 Å². The zero-order valence-electron chi connectivity index (χ0n) is 44.4. The number of rotatable bonds is 22. The van der Waals surface area contributed by atoms with E-state index in [0.717, 1.165) is 75.5 Å². The van der Waals surface area contributed by atoms with Crippen molar-refractivity contribution in [1.29, 1.82) is 0 Å². The van der Waals surface area contributed by atoms with E-state index in [2.05, 4.69) is 77.5 Å². The molecule has 80 heavy (non-hydrogen) atoms. The number of benzene rings is 3. The molecule has 28 heteroatoms. The van der Waals surface area contributed by atoms with Crippen molar-refractivity contribution in [3.63, 3.8) is 0 Å². The van der Waals surface area contributed by atoms with Gasteiger partial charge in [-0.05, 0) is 75.1 Å². The molecule has 2 aromatic heterocycles. The van der Waals surface area contributed by atoms with Crippen molar-refractivity contribution in [2.75, 3.05) is 50.0 Å². The van der Waals surface area contributed by atoms with Gasteiger partial charge in [0.15, 0.2) is 23.8 Å². The smallest absolute Gasteiger partial charge is 0.456 e. The fraction of sp³-hybridized carbons (Fsp3) is 0.385. The van der Waals surface area contributed by atoms with Gasteiger partial charge in [0, 0.05) is 65.6 Å². The van der Waals surface area contributed by atoms with Crippen LogP contribution in [0.3, 0.4) is 0 Å². The predicted molar refractivity (Wildman–Crippen MR) is 294 cm³/mol. The van der Waals surface area contributed by atoms with E-state index in [-0.39, 0.29) is 47.3 Å². The number of imidazole rings is 1. The number of ether oxygens (including phenoxy) is 2. The minimum Gasteiger partial charge on any atom is -0.456 e. The fourth-order valence-corrected chi connectivity index (χ4v) is 12.1. The van der Waals surface area contributed by atoms with Gasteiger partial charge in [-0.1, -0.05) is 62.8 Å². The van der Waals surface area contributed by atoms with Gasteiger partial charge in [0.25, 0.3) is 10.1 Å². The van der Waals surface area contributed by atoms with Gasteiger partial charge in [-0.15, -0.1) is 0 Å². The highest BCUT2D eigenvalue weighted by Gasteiger charge is 2.49. The third-order valence-electron chi connectivity index (χ3n) is 13.9. The molecule has 2 amide bonds. The lowest BCUT2D eigenvalue weighted by Crippen LogP contribution is -2.42. The van der Waals surface area contributed by atoms with Crippen LogP contribution in [0.2, 0.25) is 0 Å². The molecule has 1 unspecified atom stereocenters. The third kappa shape index (κ3) is 13.6. The largest absolute Gasteiger partial charge is 0.481 e. The van der Waals surface area contributed by atoms with Gasteiger partial charge in [-0.25, -0.2) is 33.5 Å². The van der Waals surface area contributed by atoms with Crippen molar-refractivity contribution >= 4 is 66.5 Å².